The van der Waals surface area contributed by atoms with E-state index in [-0.39, 0.29) is 12.4 Å². The molecule has 0 fully saturated rings. The van der Waals surface area contributed by atoms with Crippen LogP contribution in [0.5, 0.6) is 0 Å². The average molecular weight is 376 g/mol. The standard InChI is InChI=1S/C13H20N4O9/c1-2-26-12(24)11(23)15-7-9(16-13(25)17-10(7)22)14-3-5(19)8(21)6(20)4-18/h5-6,8,18-21H,2-4H2,1H3,(H,15,23)(H3,14,16,17,22,25)/t5-,6+,8-/m0/s1. The summed E-state index contributed by atoms with van der Waals surface area (Å²) in [6, 6.07) is 0. The van der Waals surface area contributed by atoms with E-state index in [1.165, 1.54) is 6.92 Å². The zero-order valence-electron chi connectivity index (χ0n) is 13.7. The molecule has 13 nitrogen and oxygen atoms in total. The van der Waals surface area contributed by atoms with E-state index < -0.39 is 60.3 Å². The van der Waals surface area contributed by atoms with E-state index in [9.17, 15) is 34.5 Å². The molecule has 3 atom stereocenters. The van der Waals surface area contributed by atoms with E-state index in [1.54, 1.807) is 0 Å². The molecule has 0 saturated carbocycles. The van der Waals surface area contributed by atoms with Gasteiger partial charge in [-0.25, -0.2) is 9.59 Å². The highest BCUT2D eigenvalue weighted by atomic mass is 16.5. The highest BCUT2D eigenvalue weighted by Gasteiger charge is 2.25. The Labute approximate surface area is 145 Å². The minimum atomic E-state index is -1.72. The second kappa shape index (κ2) is 9.67. The predicted molar refractivity (Wildman–Crippen MR) is 86.5 cm³/mol. The molecular weight excluding hydrogens is 356 g/mol. The largest absolute Gasteiger partial charge is 0.459 e. The summed E-state index contributed by atoms with van der Waals surface area (Å²) < 4.78 is 4.47. The summed E-state index contributed by atoms with van der Waals surface area (Å²) in [5.41, 5.74) is -2.52. The molecule has 1 rings (SSSR count). The molecule has 146 valence electrons. The van der Waals surface area contributed by atoms with Gasteiger partial charge in [-0.2, -0.15) is 0 Å². The number of esters is 1. The maximum Gasteiger partial charge on any atom is 0.397 e. The number of aliphatic hydroxyl groups is 4. The maximum atomic E-state index is 11.8. The first kappa shape index (κ1) is 21.3. The number of aromatic amines is 2. The van der Waals surface area contributed by atoms with Crippen LogP contribution >= 0.6 is 0 Å². The number of anilines is 2. The monoisotopic (exact) mass is 376 g/mol. The fourth-order valence-electron chi connectivity index (χ4n) is 1.79. The molecule has 0 aliphatic rings. The topological polar surface area (TPSA) is 214 Å². The molecule has 0 bridgehead atoms. The van der Waals surface area contributed by atoms with Crippen molar-refractivity contribution in [1.82, 2.24) is 9.97 Å². The van der Waals surface area contributed by atoms with Crippen molar-refractivity contribution in [2.24, 2.45) is 0 Å². The van der Waals surface area contributed by atoms with Gasteiger partial charge in [0.2, 0.25) is 0 Å². The molecular formula is C13H20N4O9. The third kappa shape index (κ3) is 5.66. The number of hydrogen-bond acceptors (Lipinski definition) is 10. The summed E-state index contributed by atoms with van der Waals surface area (Å²) in [5, 5.41) is 41.6. The van der Waals surface area contributed by atoms with Gasteiger partial charge < -0.3 is 35.8 Å². The van der Waals surface area contributed by atoms with Gasteiger partial charge in [-0.05, 0) is 6.92 Å². The van der Waals surface area contributed by atoms with Crippen molar-refractivity contribution in [2.75, 3.05) is 30.4 Å². The molecule has 1 amide bonds. The van der Waals surface area contributed by atoms with E-state index in [4.69, 9.17) is 5.11 Å². The summed E-state index contributed by atoms with van der Waals surface area (Å²) in [6.45, 7) is 0.107. The first-order chi connectivity index (χ1) is 12.2. The number of aromatic nitrogens is 2. The second-order valence-corrected chi connectivity index (χ2v) is 5.02. The molecule has 0 unspecified atom stereocenters. The number of carbonyl (C=O) groups excluding carboxylic acids is 2. The average Bonchev–Trinajstić information content (AvgIpc) is 2.60. The molecule has 0 aromatic carbocycles. The fraction of sp³-hybridized carbons (Fsp3) is 0.538. The lowest BCUT2D eigenvalue weighted by molar-refractivity contribution is -0.152. The van der Waals surface area contributed by atoms with E-state index in [0.717, 1.165) is 0 Å². The van der Waals surface area contributed by atoms with E-state index in [1.807, 2.05) is 10.3 Å². The molecule has 8 N–H and O–H groups in total. The molecule has 13 heteroatoms. The SMILES string of the molecule is CCOC(=O)C(=O)Nc1c(NC[C@H](O)[C@H](O)[C@H](O)CO)[nH]c(=O)[nH]c1=O. The fourth-order valence-corrected chi connectivity index (χ4v) is 1.79. The Bertz CT molecular complexity index is 744. The zero-order valence-corrected chi connectivity index (χ0v) is 13.7. The number of hydrogen-bond donors (Lipinski definition) is 8. The number of nitrogens with one attached hydrogen (secondary N) is 4. The van der Waals surface area contributed by atoms with Crippen LogP contribution in [0, 0.1) is 0 Å². The van der Waals surface area contributed by atoms with Crippen molar-refractivity contribution < 1.29 is 34.8 Å². The highest BCUT2D eigenvalue weighted by Crippen LogP contribution is 2.12. The third-order valence-electron chi connectivity index (χ3n) is 3.11. The van der Waals surface area contributed by atoms with Crippen LogP contribution in [0.2, 0.25) is 0 Å². The molecule has 26 heavy (non-hydrogen) atoms. The van der Waals surface area contributed by atoms with Crippen LogP contribution in [-0.4, -0.2) is 80.3 Å². The minimum absolute atomic E-state index is 0.0728. The van der Waals surface area contributed by atoms with E-state index >= 15 is 0 Å². The van der Waals surface area contributed by atoms with Crippen LogP contribution in [0.25, 0.3) is 0 Å². The molecule has 1 aromatic heterocycles. The van der Waals surface area contributed by atoms with Crippen LogP contribution in [-0.2, 0) is 14.3 Å². The number of amides is 1. The van der Waals surface area contributed by atoms with Crippen molar-refractivity contribution in [3.05, 3.63) is 20.8 Å². The summed E-state index contributed by atoms with van der Waals surface area (Å²) >= 11 is 0. The quantitative estimate of drug-likeness (QED) is 0.163. The Morgan fingerprint density at radius 2 is 1.81 bits per heavy atom. The summed E-state index contributed by atoms with van der Waals surface area (Å²) in [7, 11) is 0. The van der Waals surface area contributed by atoms with Crippen LogP contribution in [0.4, 0.5) is 11.5 Å². The summed E-state index contributed by atoms with van der Waals surface area (Å²) in [5.74, 6) is -2.89. The smallest absolute Gasteiger partial charge is 0.397 e. The normalized spacial score (nSPS) is 14.2. The molecule has 0 aliphatic carbocycles. The third-order valence-corrected chi connectivity index (χ3v) is 3.11. The highest BCUT2D eigenvalue weighted by molar-refractivity contribution is 6.37. The number of aliphatic hydroxyl groups excluding tert-OH is 4. The van der Waals surface area contributed by atoms with Gasteiger partial charge in [0.1, 0.15) is 23.7 Å². The lowest BCUT2D eigenvalue weighted by Gasteiger charge is -2.22. The van der Waals surface area contributed by atoms with Gasteiger partial charge in [0.25, 0.3) is 5.56 Å². The number of ether oxygens (including phenoxy) is 1. The van der Waals surface area contributed by atoms with Gasteiger partial charge in [-0.3, -0.25) is 19.6 Å². The summed E-state index contributed by atoms with van der Waals surface area (Å²) in [6.07, 6.45) is -4.94. The first-order valence-electron chi connectivity index (χ1n) is 7.44. The van der Waals surface area contributed by atoms with Crippen LogP contribution in [0.15, 0.2) is 9.59 Å². The van der Waals surface area contributed by atoms with Crippen molar-refractivity contribution in [2.45, 2.75) is 25.2 Å². The summed E-state index contributed by atoms with van der Waals surface area (Å²) in [4.78, 5) is 50.2. The Balaban J connectivity index is 2.97. The van der Waals surface area contributed by atoms with Crippen LogP contribution < -0.4 is 21.9 Å². The van der Waals surface area contributed by atoms with Crippen LogP contribution in [0.1, 0.15) is 6.92 Å². The van der Waals surface area contributed by atoms with Crippen molar-refractivity contribution >= 4 is 23.4 Å². The first-order valence-corrected chi connectivity index (χ1v) is 7.44. The van der Waals surface area contributed by atoms with E-state index in [2.05, 4.69) is 15.0 Å². The minimum Gasteiger partial charge on any atom is -0.459 e. The molecule has 0 radical (unpaired) electrons. The van der Waals surface area contributed by atoms with Crippen molar-refractivity contribution in [3.8, 4) is 0 Å². The van der Waals surface area contributed by atoms with E-state index in [0.29, 0.717) is 0 Å². The Morgan fingerprint density at radius 1 is 1.15 bits per heavy atom. The second-order valence-electron chi connectivity index (χ2n) is 5.02. The maximum absolute atomic E-state index is 11.8. The lowest BCUT2D eigenvalue weighted by Crippen LogP contribution is -2.43. The number of carbonyl (C=O) groups is 2. The van der Waals surface area contributed by atoms with Gasteiger partial charge >= 0.3 is 17.6 Å². The van der Waals surface area contributed by atoms with Gasteiger partial charge in [-0.15, -0.1) is 0 Å². The Morgan fingerprint density at radius 3 is 2.38 bits per heavy atom. The Hall–Kier alpha value is -2.74. The zero-order chi connectivity index (χ0) is 19.9. The van der Waals surface area contributed by atoms with Crippen molar-refractivity contribution in [3.63, 3.8) is 0 Å². The molecule has 1 aromatic rings. The molecule has 0 saturated heterocycles. The van der Waals surface area contributed by atoms with Gasteiger partial charge in [0.05, 0.1) is 19.3 Å². The number of H-pyrrole nitrogens is 2. The predicted octanol–water partition coefficient (Wildman–Crippen LogP) is -3.95. The Kier molecular flexibility index (Phi) is 7.92. The molecule has 1 heterocycles. The van der Waals surface area contributed by atoms with Crippen molar-refractivity contribution in [1.29, 1.82) is 0 Å². The van der Waals surface area contributed by atoms with Gasteiger partial charge in [0, 0.05) is 6.54 Å². The molecule has 0 spiro atoms. The molecule has 0 aliphatic heterocycles. The number of rotatable bonds is 8. The lowest BCUT2D eigenvalue weighted by atomic mass is 10.1. The van der Waals surface area contributed by atoms with Gasteiger partial charge in [0.15, 0.2) is 0 Å². The van der Waals surface area contributed by atoms with Gasteiger partial charge in [-0.1, -0.05) is 0 Å². The van der Waals surface area contributed by atoms with Crippen LogP contribution in [0.3, 0.4) is 0 Å².